The Bertz CT molecular complexity index is 700. The Hall–Kier alpha value is -1.98. The Labute approximate surface area is 150 Å². The Kier molecular flexibility index (Phi) is 5.23. The summed E-state index contributed by atoms with van der Waals surface area (Å²) in [5.41, 5.74) is 2.64. The highest BCUT2D eigenvalue weighted by molar-refractivity contribution is 5.65. The maximum absolute atomic E-state index is 4.47. The normalized spacial score (nSPS) is 19.8. The monoisotopic (exact) mass is 337 g/mol. The number of likely N-dealkylation sites (tertiary alicyclic amines) is 1. The lowest BCUT2D eigenvalue weighted by atomic mass is 10.0. The molecule has 0 aliphatic carbocycles. The quantitative estimate of drug-likeness (QED) is 0.841. The van der Waals surface area contributed by atoms with E-state index in [1.807, 2.05) is 29.1 Å². The molecule has 5 nitrogen and oxygen atoms in total. The van der Waals surface area contributed by atoms with Crippen LogP contribution in [-0.2, 0) is 0 Å². The number of piperidine rings is 1. The molecule has 4 rings (SSSR count). The molecular formula is C20H27N5. The number of pyridine rings is 1. The third-order valence-electron chi connectivity index (χ3n) is 5.31. The lowest BCUT2D eigenvalue weighted by Gasteiger charge is -2.31. The molecule has 5 heteroatoms. The third-order valence-corrected chi connectivity index (χ3v) is 5.31. The first-order chi connectivity index (χ1) is 12.4. The van der Waals surface area contributed by atoms with Gasteiger partial charge in [0.25, 0.3) is 0 Å². The number of nitrogens with zero attached hydrogens (tertiary/aromatic N) is 5. The van der Waals surface area contributed by atoms with Gasteiger partial charge in [-0.05, 0) is 50.1 Å². The Morgan fingerprint density at radius 3 is 2.60 bits per heavy atom. The van der Waals surface area contributed by atoms with Gasteiger partial charge in [0.15, 0.2) is 5.82 Å². The van der Waals surface area contributed by atoms with Crippen molar-refractivity contribution >= 4 is 5.57 Å². The van der Waals surface area contributed by atoms with Crippen molar-refractivity contribution in [1.82, 2.24) is 24.6 Å². The van der Waals surface area contributed by atoms with Crippen LogP contribution in [0.5, 0.6) is 0 Å². The molecule has 4 heterocycles. The van der Waals surface area contributed by atoms with Crippen molar-refractivity contribution < 1.29 is 0 Å². The molecule has 0 atom stereocenters. The van der Waals surface area contributed by atoms with Crippen molar-refractivity contribution in [3.63, 3.8) is 0 Å². The van der Waals surface area contributed by atoms with E-state index in [2.05, 4.69) is 32.2 Å². The minimum atomic E-state index is 0.869. The topological polar surface area (TPSA) is 37.2 Å². The Balaban J connectivity index is 1.32. The molecule has 2 aliphatic heterocycles. The molecule has 132 valence electrons. The molecule has 0 bridgehead atoms. The molecule has 25 heavy (non-hydrogen) atoms. The van der Waals surface area contributed by atoms with Crippen molar-refractivity contribution in [1.29, 1.82) is 0 Å². The van der Waals surface area contributed by atoms with Gasteiger partial charge in [0.2, 0.25) is 0 Å². The van der Waals surface area contributed by atoms with Crippen LogP contribution in [0.3, 0.4) is 0 Å². The van der Waals surface area contributed by atoms with Gasteiger partial charge >= 0.3 is 0 Å². The molecule has 2 aliphatic rings. The smallest absolute Gasteiger partial charge is 0.153 e. The van der Waals surface area contributed by atoms with Crippen molar-refractivity contribution in [2.45, 2.75) is 25.7 Å². The van der Waals surface area contributed by atoms with Crippen LogP contribution < -0.4 is 0 Å². The van der Waals surface area contributed by atoms with E-state index in [9.17, 15) is 0 Å². The molecule has 1 fully saturated rings. The van der Waals surface area contributed by atoms with Crippen LogP contribution in [0.2, 0.25) is 0 Å². The zero-order valence-electron chi connectivity index (χ0n) is 14.8. The average molecular weight is 337 g/mol. The summed E-state index contributed by atoms with van der Waals surface area (Å²) >= 11 is 0. The van der Waals surface area contributed by atoms with E-state index in [4.69, 9.17) is 0 Å². The lowest BCUT2D eigenvalue weighted by molar-refractivity contribution is 0.188. The maximum atomic E-state index is 4.47. The van der Waals surface area contributed by atoms with Gasteiger partial charge in [-0.2, -0.15) is 5.10 Å². The number of aromatic nitrogens is 3. The van der Waals surface area contributed by atoms with Crippen molar-refractivity contribution in [2.75, 3.05) is 39.3 Å². The molecule has 0 saturated carbocycles. The summed E-state index contributed by atoms with van der Waals surface area (Å²) in [6.07, 6.45) is 13.5. The lowest BCUT2D eigenvalue weighted by Crippen LogP contribution is -2.39. The zero-order valence-corrected chi connectivity index (χ0v) is 14.8. The van der Waals surface area contributed by atoms with Crippen LogP contribution in [-0.4, -0.2) is 63.8 Å². The summed E-state index contributed by atoms with van der Waals surface area (Å²) in [5, 5.41) is 4.47. The predicted molar refractivity (Wildman–Crippen MR) is 101 cm³/mol. The summed E-state index contributed by atoms with van der Waals surface area (Å²) in [4.78, 5) is 9.55. The number of hydrogen-bond donors (Lipinski definition) is 0. The first-order valence-electron chi connectivity index (χ1n) is 9.49. The summed E-state index contributed by atoms with van der Waals surface area (Å²) in [6, 6.07) is 5.90. The zero-order chi connectivity index (χ0) is 16.9. The molecule has 0 N–H and O–H groups in total. The van der Waals surface area contributed by atoms with E-state index in [0.29, 0.717) is 0 Å². The molecule has 0 aromatic carbocycles. The number of rotatable bonds is 5. The molecule has 0 spiro atoms. The summed E-state index contributed by atoms with van der Waals surface area (Å²) in [7, 11) is 0. The summed E-state index contributed by atoms with van der Waals surface area (Å²) in [6.45, 7) is 7.20. The minimum absolute atomic E-state index is 0.869. The van der Waals surface area contributed by atoms with E-state index in [-0.39, 0.29) is 0 Å². The van der Waals surface area contributed by atoms with E-state index < -0.39 is 0 Å². The van der Waals surface area contributed by atoms with Crippen molar-refractivity contribution in [3.8, 4) is 5.82 Å². The Morgan fingerprint density at radius 1 is 0.960 bits per heavy atom. The van der Waals surface area contributed by atoms with E-state index in [1.54, 1.807) is 6.20 Å². The second-order valence-corrected chi connectivity index (χ2v) is 7.04. The van der Waals surface area contributed by atoms with Gasteiger partial charge in [-0.15, -0.1) is 0 Å². The van der Waals surface area contributed by atoms with Crippen LogP contribution >= 0.6 is 0 Å². The van der Waals surface area contributed by atoms with Gasteiger partial charge in [-0.3, -0.25) is 4.90 Å². The highest BCUT2D eigenvalue weighted by Crippen LogP contribution is 2.22. The van der Waals surface area contributed by atoms with Gasteiger partial charge in [0.05, 0.1) is 6.20 Å². The minimum Gasteiger partial charge on any atom is -0.302 e. The SMILES string of the molecule is C1=C(c2cnn(-c3ccccn3)c2)CCN(CCN2CCCCC2)C1. The van der Waals surface area contributed by atoms with E-state index >= 15 is 0 Å². The highest BCUT2D eigenvalue weighted by atomic mass is 15.3. The van der Waals surface area contributed by atoms with Crippen molar-refractivity contribution in [3.05, 3.63) is 48.4 Å². The molecule has 2 aromatic heterocycles. The first-order valence-corrected chi connectivity index (χ1v) is 9.49. The molecule has 0 unspecified atom stereocenters. The molecule has 1 saturated heterocycles. The molecular weight excluding hydrogens is 310 g/mol. The van der Waals surface area contributed by atoms with Gasteiger partial charge in [0.1, 0.15) is 0 Å². The van der Waals surface area contributed by atoms with Gasteiger partial charge in [-0.25, -0.2) is 9.67 Å². The second kappa shape index (κ2) is 7.93. The van der Waals surface area contributed by atoms with Crippen LogP contribution in [0, 0.1) is 0 Å². The van der Waals surface area contributed by atoms with Gasteiger partial charge < -0.3 is 4.90 Å². The fourth-order valence-electron chi connectivity index (χ4n) is 3.75. The van der Waals surface area contributed by atoms with E-state index in [1.165, 1.54) is 56.6 Å². The van der Waals surface area contributed by atoms with E-state index in [0.717, 1.165) is 25.3 Å². The maximum Gasteiger partial charge on any atom is 0.153 e. The van der Waals surface area contributed by atoms with Gasteiger partial charge in [-0.1, -0.05) is 18.6 Å². The highest BCUT2D eigenvalue weighted by Gasteiger charge is 2.16. The predicted octanol–water partition coefficient (Wildman–Crippen LogP) is 2.84. The fourth-order valence-corrected chi connectivity index (χ4v) is 3.75. The first kappa shape index (κ1) is 16.5. The van der Waals surface area contributed by atoms with Crippen LogP contribution in [0.4, 0.5) is 0 Å². The standard InChI is InChI=1S/C20H27N5/c1-4-10-23(11-5-1)14-15-24-12-7-18(8-13-24)19-16-22-25(17-19)20-6-2-3-9-21-20/h2-3,6-7,9,16-17H,1,4-5,8,10-15H2. The van der Waals surface area contributed by atoms with Crippen molar-refractivity contribution in [2.24, 2.45) is 0 Å². The molecule has 0 radical (unpaired) electrons. The largest absolute Gasteiger partial charge is 0.302 e. The summed E-state index contributed by atoms with van der Waals surface area (Å²) < 4.78 is 1.86. The molecule has 0 amide bonds. The summed E-state index contributed by atoms with van der Waals surface area (Å²) in [5.74, 6) is 0.869. The second-order valence-electron chi connectivity index (χ2n) is 7.04. The number of hydrogen-bond acceptors (Lipinski definition) is 4. The molecule has 2 aromatic rings. The van der Waals surface area contributed by atoms with Gasteiger partial charge in [0, 0.05) is 44.1 Å². The average Bonchev–Trinajstić information content (AvgIpc) is 3.19. The Morgan fingerprint density at radius 2 is 1.84 bits per heavy atom. The fraction of sp³-hybridized carbons (Fsp3) is 0.500. The van der Waals surface area contributed by atoms with Crippen LogP contribution in [0.1, 0.15) is 31.2 Å². The third kappa shape index (κ3) is 4.17. The van der Waals surface area contributed by atoms with Crippen LogP contribution in [0.15, 0.2) is 42.9 Å². The van der Waals surface area contributed by atoms with Crippen LogP contribution in [0.25, 0.3) is 11.4 Å².